The van der Waals surface area contributed by atoms with Crippen molar-refractivity contribution in [3.05, 3.63) is 24.4 Å². The van der Waals surface area contributed by atoms with Crippen LogP contribution in [0.25, 0.3) is 11.5 Å². The van der Waals surface area contributed by atoms with Gasteiger partial charge in [0, 0.05) is 0 Å². The van der Waals surface area contributed by atoms with Crippen LogP contribution in [0.4, 0.5) is 0 Å². The van der Waals surface area contributed by atoms with Gasteiger partial charge in [0.2, 0.25) is 11.8 Å². The summed E-state index contributed by atoms with van der Waals surface area (Å²) >= 11 is 0. The summed E-state index contributed by atoms with van der Waals surface area (Å²) in [6, 6.07) is 1.78. The third kappa shape index (κ3) is 2.35. The zero-order valence-electron chi connectivity index (χ0n) is 8.34. The Bertz CT molecular complexity index is 413. The molecule has 0 aliphatic heterocycles. The minimum Gasteiger partial charge on any atom is -0.419 e. The molecular weight excluding hydrogens is 194 g/mol. The lowest BCUT2D eigenvalue weighted by atomic mass is 10.3. The maximum absolute atomic E-state index is 5.42. The number of nitrogens with one attached hydrogen (secondary N) is 1. The average Bonchev–Trinajstić information content (AvgIpc) is 2.76. The van der Waals surface area contributed by atoms with E-state index in [-0.39, 0.29) is 0 Å². The van der Waals surface area contributed by atoms with Crippen LogP contribution in [-0.4, -0.2) is 26.9 Å². The van der Waals surface area contributed by atoms with E-state index in [2.05, 4.69) is 25.7 Å². The van der Waals surface area contributed by atoms with Crippen LogP contribution < -0.4 is 5.32 Å². The highest BCUT2D eigenvalue weighted by Gasteiger charge is 2.07. The smallest absolute Gasteiger partial charge is 0.249 e. The maximum Gasteiger partial charge on any atom is 0.249 e. The van der Waals surface area contributed by atoms with Gasteiger partial charge in [-0.05, 0) is 12.6 Å². The van der Waals surface area contributed by atoms with Gasteiger partial charge in [-0.2, -0.15) is 10.2 Å². The fraction of sp³-hybridized carbons (Fsp3) is 0.333. The van der Waals surface area contributed by atoms with E-state index < -0.39 is 0 Å². The van der Waals surface area contributed by atoms with Crippen LogP contribution in [0.15, 0.2) is 22.9 Å². The fourth-order valence-electron chi connectivity index (χ4n) is 1.09. The second kappa shape index (κ2) is 4.61. The Morgan fingerprint density at radius 1 is 1.33 bits per heavy atom. The van der Waals surface area contributed by atoms with Gasteiger partial charge in [0.05, 0.1) is 24.5 Å². The molecular formula is C9H11N5O. The molecule has 1 N–H and O–H groups in total. The van der Waals surface area contributed by atoms with Gasteiger partial charge in [-0.25, -0.2) is 0 Å². The minimum atomic E-state index is 0.470. The summed E-state index contributed by atoms with van der Waals surface area (Å²) in [4.78, 5) is 0. The molecule has 78 valence electrons. The van der Waals surface area contributed by atoms with E-state index in [9.17, 15) is 0 Å². The van der Waals surface area contributed by atoms with Crippen LogP contribution in [-0.2, 0) is 6.54 Å². The number of hydrogen-bond donors (Lipinski definition) is 1. The molecule has 0 bridgehead atoms. The van der Waals surface area contributed by atoms with Crippen molar-refractivity contribution in [2.24, 2.45) is 0 Å². The Kier molecular flexibility index (Phi) is 2.99. The third-order valence-electron chi connectivity index (χ3n) is 1.82. The largest absolute Gasteiger partial charge is 0.419 e. The Balaban J connectivity index is 2.14. The van der Waals surface area contributed by atoms with Gasteiger partial charge in [-0.1, -0.05) is 6.92 Å². The first-order valence-corrected chi connectivity index (χ1v) is 4.70. The zero-order valence-corrected chi connectivity index (χ0v) is 8.34. The minimum absolute atomic E-state index is 0.470. The first-order valence-electron chi connectivity index (χ1n) is 4.70. The monoisotopic (exact) mass is 205 g/mol. The second-order valence-corrected chi connectivity index (χ2v) is 2.91. The van der Waals surface area contributed by atoms with E-state index in [0.717, 1.165) is 12.1 Å². The van der Waals surface area contributed by atoms with Crippen LogP contribution in [0.2, 0.25) is 0 Å². The number of rotatable bonds is 4. The second-order valence-electron chi connectivity index (χ2n) is 2.91. The molecule has 6 heteroatoms. The Morgan fingerprint density at radius 2 is 2.27 bits per heavy atom. The van der Waals surface area contributed by atoms with Crippen molar-refractivity contribution in [3.8, 4) is 11.5 Å². The molecule has 0 radical (unpaired) electrons. The predicted octanol–water partition coefficient (Wildman–Crippen LogP) is 0.636. The molecule has 0 aromatic carbocycles. The van der Waals surface area contributed by atoms with Crippen molar-refractivity contribution in [3.63, 3.8) is 0 Å². The first kappa shape index (κ1) is 9.72. The molecule has 0 aliphatic carbocycles. The molecule has 0 atom stereocenters. The van der Waals surface area contributed by atoms with Crippen molar-refractivity contribution in [1.29, 1.82) is 0 Å². The molecule has 0 spiro atoms. The molecule has 0 fully saturated rings. The van der Waals surface area contributed by atoms with Crippen molar-refractivity contribution >= 4 is 0 Å². The number of hydrogen-bond acceptors (Lipinski definition) is 6. The van der Waals surface area contributed by atoms with E-state index in [4.69, 9.17) is 4.42 Å². The van der Waals surface area contributed by atoms with Gasteiger partial charge < -0.3 is 9.73 Å². The standard InChI is InChI=1S/C9H11N5O/c1-2-10-6-8-13-14-9(15-8)7-3-4-11-12-5-7/h3-5,10H,2,6H2,1H3. The van der Waals surface area contributed by atoms with Gasteiger partial charge in [-0.3, -0.25) is 0 Å². The van der Waals surface area contributed by atoms with Gasteiger partial charge in [0.15, 0.2) is 0 Å². The van der Waals surface area contributed by atoms with Crippen LogP contribution in [0.5, 0.6) is 0 Å². The normalized spacial score (nSPS) is 10.5. The summed E-state index contributed by atoms with van der Waals surface area (Å²) in [6.07, 6.45) is 3.17. The lowest BCUT2D eigenvalue weighted by Crippen LogP contribution is -2.11. The van der Waals surface area contributed by atoms with E-state index in [1.807, 2.05) is 6.92 Å². The van der Waals surface area contributed by atoms with Crippen molar-refractivity contribution < 1.29 is 4.42 Å². The summed E-state index contributed by atoms with van der Waals surface area (Å²) in [5.74, 6) is 1.04. The maximum atomic E-state index is 5.42. The van der Waals surface area contributed by atoms with Crippen molar-refractivity contribution in [2.45, 2.75) is 13.5 Å². The Labute approximate surface area is 86.7 Å². The molecule has 2 rings (SSSR count). The number of aromatic nitrogens is 4. The Hall–Kier alpha value is -1.82. The summed E-state index contributed by atoms with van der Waals surface area (Å²) in [6.45, 7) is 3.47. The molecule has 2 aromatic heterocycles. The molecule has 2 aromatic rings. The summed E-state index contributed by atoms with van der Waals surface area (Å²) in [7, 11) is 0. The fourth-order valence-corrected chi connectivity index (χ4v) is 1.09. The van der Waals surface area contributed by atoms with Crippen LogP contribution in [0.3, 0.4) is 0 Å². The van der Waals surface area contributed by atoms with Crippen LogP contribution in [0, 0.1) is 0 Å². The number of nitrogens with zero attached hydrogens (tertiary/aromatic N) is 4. The summed E-state index contributed by atoms with van der Waals surface area (Å²) < 4.78 is 5.42. The van der Waals surface area contributed by atoms with Gasteiger partial charge in [0.1, 0.15) is 0 Å². The van der Waals surface area contributed by atoms with E-state index >= 15 is 0 Å². The molecule has 6 nitrogen and oxygen atoms in total. The molecule has 0 saturated heterocycles. The highest BCUT2D eigenvalue weighted by Crippen LogP contribution is 2.14. The molecule has 0 unspecified atom stereocenters. The van der Waals surface area contributed by atoms with Gasteiger partial charge >= 0.3 is 0 Å². The van der Waals surface area contributed by atoms with Crippen LogP contribution >= 0.6 is 0 Å². The van der Waals surface area contributed by atoms with Crippen molar-refractivity contribution in [2.75, 3.05) is 6.54 Å². The highest BCUT2D eigenvalue weighted by atomic mass is 16.4. The van der Waals surface area contributed by atoms with E-state index in [1.54, 1.807) is 18.5 Å². The van der Waals surface area contributed by atoms with Gasteiger partial charge in [0.25, 0.3) is 0 Å². The Morgan fingerprint density at radius 3 is 3.00 bits per heavy atom. The molecule has 0 amide bonds. The predicted molar refractivity (Wildman–Crippen MR) is 52.7 cm³/mol. The van der Waals surface area contributed by atoms with Gasteiger partial charge in [-0.15, -0.1) is 10.2 Å². The first-order chi connectivity index (χ1) is 7.40. The summed E-state index contributed by atoms with van der Waals surface area (Å²) in [5.41, 5.74) is 0.778. The summed E-state index contributed by atoms with van der Waals surface area (Å²) in [5, 5.41) is 18.3. The lowest BCUT2D eigenvalue weighted by molar-refractivity contribution is 0.482. The molecule has 0 aliphatic rings. The zero-order chi connectivity index (χ0) is 10.5. The lowest BCUT2D eigenvalue weighted by Gasteiger charge is -1.94. The molecule has 2 heterocycles. The highest BCUT2D eigenvalue weighted by molar-refractivity contribution is 5.49. The van der Waals surface area contributed by atoms with E-state index in [0.29, 0.717) is 18.3 Å². The third-order valence-corrected chi connectivity index (χ3v) is 1.82. The quantitative estimate of drug-likeness (QED) is 0.789. The topological polar surface area (TPSA) is 76.7 Å². The van der Waals surface area contributed by atoms with Crippen LogP contribution in [0.1, 0.15) is 12.8 Å². The molecule has 15 heavy (non-hydrogen) atoms. The SMILES string of the molecule is CCNCc1nnc(-c2ccnnc2)o1. The van der Waals surface area contributed by atoms with Crippen molar-refractivity contribution in [1.82, 2.24) is 25.7 Å². The average molecular weight is 205 g/mol. The molecule has 0 saturated carbocycles. The van der Waals surface area contributed by atoms with E-state index in [1.165, 1.54) is 0 Å².